The number of nitrogens with zero attached hydrogens (tertiary/aromatic N) is 2. The molecule has 1 aromatic heterocycles. The summed E-state index contributed by atoms with van der Waals surface area (Å²) in [4.78, 5) is 7.32. The Labute approximate surface area is 134 Å². The molecular weight excluding hydrogens is 278 g/mol. The van der Waals surface area contributed by atoms with Gasteiger partial charge in [-0.2, -0.15) is 0 Å². The van der Waals surface area contributed by atoms with Crippen LogP contribution < -0.4 is 5.32 Å². The van der Waals surface area contributed by atoms with Crippen molar-refractivity contribution in [3.8, 4) is 0 Å². The lowest BCUT2D eigenvalue weighted by molar-refractivity contribution is 0.0371. The number of rotatable bonds is 4. The molecule has 1 aromatic rings. The van der Waals surface area contributed by atoms with Crippen molar-refractivity contribution in [3.05, 3.63) is 16.1 Å². The number of hydrogen-bond donors (Lipinski definition) is 1. The average Bonchev–Trinajstić information content (AvgIpc) is 2.82. The highest BCUT2D eigenvalue weighted by Gasteiger charge is 2.36. The van der Waals surface area contributed by atoms with Gasteiger partial charge >= 0.3 is 0 Å². The molecule has 0 saturated carbocycles. The molecule has 0 amide bonds. The summed E-state index contributed by atoms with van der Waals surface area (Å²) in [5, 5.41) is 7.18. The number of aromatic nitrogens is 1. The van der Waals surface area contributed by atoms with Gasteiger partial charge in [-0.25, -0.2) is 4.98 Å². The van der Waals surface area contributed by atoms with Crippen molar-refractivity contribution in [2.24, 2.45) is 11.3 Å². The molecule has 21 heavy (non-hydrogen) atoms. The number of piperazine rings is 1. The van der Waals surface area contributed by atoms with E-state index in [0.29, 0.717) is 17.5 Å². The lowest BCUT2D eigenvalue weighted by atomic mass is 9.82. The molecule has 4 heteroatoms. The minimum absolute atomic E-state index is 0.290. The van der Waals surface area contributed by atoms with Crippen molar-refractivity contribution >= 4 is 11.3 Å². The van der Waals surface area contributed by atoms with Crippen LogP contribution in [0.2, 0.25) is 0 Å². The Kier molecular flexibility index (Phi) is 5.44. The molecule has 3 unspecified atom stereocenters. The molecule has 2 rings (SSSR count). The number of aryl methyl sites for hydroxylation is 1. The van der Waals surface area contributed by atoms with Crippen molar-refractivity contribution in [1.29, 1.82) is 0 Å². The number of hydrogen-bond acceptors (Lipinski definition) is 4. The van der Waals surface area contributed by atoms with E-state index in [4.69, 9.17) is 0 Å². The first kappa shape index (κ1) is 16.9. The zero-order valence-electron chi connectivity index (χ0n) is 14.4. The number of thiazole rings is 1. The third-order valence-electron chi connectivity index (χ3n) is 4.81. The first-order valence-electron chi connectivity index (χ1n) is 8.19. The largest absolute Gasteiger partial charge is 0.311 e. The van der Waals surface area contributed by atoms with E-state index in [2.05, 4.69) is 62.1 Å². The van der Waals surface area contributed by atoms with Crippen molar-refractivity contribution < 1.29 is 0 Å². The molecule has 1 saturated heterocycles. The Balaban J connectivity index is 2.12. The summed E-state index contributed by atoms with van der Waals surface area (Å²) in [5.74, 6) is 0.727. The molecule has 0 aromatic carbocycles. The van der Waals surface area contributed by atoms with Crippen LogP contribution in [0.3, 0.4) is 0 Å². The van der Waals surface area contributed by atoms with E-state index < -0.39 is 0 Å². The van der Waals surface area contributed by atoms with Crippen molar-refractivity contribution in [1.82, 2.24) is 15.2 Å². The summed E-state index contributed by atoms with van der Waals surface area (Å²) < 4.78 is 0. The second kappa shape index (κ2) is 6.76. The third kappa shape index (κ3) is 4.27. The average molecular weight is 310 g/mol. The van der Waals surface area contributed by atoms with Crippen LogP contribution in [-0.4, -0.2) is 35.1 Å². The minimum Gasteiger partial charge on any atom is -0.311 e. The monoisotopic (exact) mass is 309 g/mol. The van der Waals surface area contributed by atoms with Crippen LogP contribution in [0, 0.1) is 18.3 Å². The quantitative estimate of drug-likeness (QED) is 0.919. The normalized spacial score (nSPS) is 26.0. The highest BCUT2D eigenvalue weighted by molar-refractivity contribution is 7.09. The topological polar surface area (TPSA) is 28.2 Å². The molecule has 1 N–H and O–H groups in total. The third-order valence-corrected chi connectivity index (χ3v) is 5.63. The minimum atomic E-state index is 0.290. The van der Waals surface area contributed by atoms with Gasteiger partial charge in [0.15, 0.2) is 0 Å². The van der Waals surface area contributed by atoms with E-state index in [9.17, 15) is 0 Å². The summed E-state index contributed by atoms with van der Waals surface area (Å²) in [7, 11) is 0. The second-order valence-electron chi connectivity index (χ2n) is 7.57. The molecule has 3 atom stereocenters. The zero-order chi connectivity index (χ0) is 15.6. The standard InChI is InChI=1S/C17H31N3S/c1-7-12(2)15-10-20(9-14-11-21-13(3)19-14)16(8-18-15)17(4,5)6/h11-12,15-16,18H,7-10H2,1-6H3. The fraction of sp³-hybridized carbons (Fsp3) is 0.824. The van der Waals surface area contributed by atoms with Gasteiger partial charge in [0.1, 0.15) is 0 Å². The Morgan fingerprint density at radius 3 is 2.71 bits per heavy atom. The van der Waals surface area contributed by atoms with Gasteiger partial charge in [0, 0.05) is 37.1 Å². The molecule has 0 aliphatic carbocycles. The first-order valence-corrected chi connectivity index (χ1v) is 9.07. The van der Waals surface area contributed by atoms with E-state index in [-0.39, 0.29) is 0 Å². The fourth-order valence-corrected chi connectivity index (χ4v) is 3.82. The summed E-state index contributed by atoms with van der Waals surface area (Å²) in [5.41, 5.74) is 1.52. The van der Waals surface area contributed by atoms with Crippen LogP contribution in [0.1, 0.15) is 51.7 Å². The summed E-state index contributed by atoms with van der Waals surface area (Å²) in [6.45, 7) is 17.0. The van der Waals surface area contributed by atoms with Gasteiger partial charge in [-0.05, 0) is 18.3 Å². The zero-order valence-corrected chi connectivity index (χ0v) is 15.3. The van der Waals surface area contributed by atoms with Crippen LogP contribution in [-0.2, 0) is 6.54 Å². The van der Waals surface area contributed by atoms with Gasteiger partial charge in [-0.15, -0.1) is 11.3 Å². The molecule has 0 radical (unpaired) electrons. The molecular formula is C17H31N3S. The Hall–Kier alpha value is -0.450. The Bertz CT molecular complexity index is 449. The number of nitrogens with one attached hydrogen (secondary N) is 1. The molecule has 3 nitrogen and oxygen atoms in total. The molecule has 1 aliphatic heterocycles. The molecule has 0 bridgehead atoms. The van der Waals surface area contributed by atoms with Crippen LogP contribution >= 0.6 is 11.3 Å². The molecule has 0 spiro atoms. The van der Waals surface area contributed by atoms with Gasteiger partial charge < -0.3 is 5.32 Å². The van der Waals surface area contributed by atoms with Gasteiger partial charge in [-0.3, -0.25) is 4.90 Å². The van der Waals surface area contributed by atoms with Crippen LogP contribution in [0.4, 0.5) is 0 Å². The molecule has 1 aliphatic rings. The summed E-state index contributed by atoms with van der Waals surface area (Å²) >= 11 is 1.76. The fourth-order valence-electron chi connectivity index (χ4n) is 3.22. The van der Waals surface area contributed by atoms with Gasteiger partial charge in [-0.1, -0.05) is 41.0 Å². The van der Waals surface area contributed by atoms with Crippen LogP contribution in [0.15, 0.2) is 5.38 Å². The van der Waals surface area contributed by atoms with Crippen molar-refractivity contribution in [3.63, 3.8) is 0 Å². The summed E-state index contributed by atoms with van der Waals surface area (Å²) in [6.07, 6.45) is 1.24. The van der Waals surface area contributed by atoms with E-state index >= 15 is 0 Å². The van der Waals surface area contributed by atoms with Gasteiger partial charge in [0.05, 0.1) is 10.7 Å². The van der Waals surface area contributed by atoms with E-state index in [0.717, 1.165) is 25.6 Å². The van der Waals surface area contributed by atoms with Crippen LogP contribution in [0.5, 0.6) is 0 Å². The van der Waals surface area contributed by atoms with E-state index in [1.165, 1.54) is 17.1 Å². The second-order valence-corrected chi connectivity index (χ2v) is 8.63. The van der Waals surface area contributed by atoms with Gasteiger partial charge in [0.25, 0.3) is 0 Å². The lowest BCUT2D eigenvalue weighted by Crippen LogP contribution is -2.61. The predicted molar refractivity (Wildman–Crippen MR) is 91.7 cm³/mol. The predicted octanol–water partition coefficient (Wildman–Crippen LogP) is 3.69. The highest BCUT2D eigenvalue weighted by Crippen LogP contribution is 2.29. The highest BCUT2D eigenvalue weighted by atomic mass is 32.1. The maximum atomic E-state index is 4.67. The van der Waals surface area contributed by atoms with Crippen LogP contribution in [0.25, 0.3) is 0 Å². The van der Waals surface area contributed by atoms with E-state index in [1.54, 1.807) is 11.3 Å². The Morgan fingerprint density at radius 2 is 2.19 bits per heavy atom. The van der Waals surface area contributed by atoms with Gasteiger partial charge in [0.2, 0.25) is 0 Å². The molecule has 120 valence electrons. The lowest BCUT2D eigenvalue weighted by Gasteiger charge is -2.47. The Morgan fingerprint density at radius 1 is 1.48 bits per heavy atom. The molecule has 1 fully saturated rings. The smallest absolute Gasteiger partial charge is 0.0897 e. The van der Waals surface area contributed by atoms with Crippen molar-refractivity contribution in [2.45, 2.75) is 66.6 Å². The van der Waals surface area contributed by atoms with Crippen molar-refractivity contribution in [2.75, 3.05) is 13.1 Å². The maximum Gasteiger partial charge on any atom is 0.0897 e. The first-order chi connectivity index (χ1) is 9.81. The van der Waals surface area contributed by atoms with E-state index in [1.807, 2.05) is 0 Å². The summed E-state index contributed by atoms with van der Waals surface area (Å²) in [6, 6.07) is 1.17. The molecule has 2 heterocycles. The SMILES string of the molecule is CCC(C)C1CN(Cc2csc(C)n2)C(C(C)(C)C)CN1. The maximum absolute atomic E-state index is 4.67.